The van der Waals surface area contributed by atoms with Crippen molar-refractivity contribution in [2.24, 2.45) is 0 Å². The molecule has 1 fully saturated rings. The Balaban J connectivity index is 1.44. The molecule has 2 heterocycles. The summed E-state index contributed by atoms with van der Waals surface area (Å²) in [6.07, 6.45) is 10.2. The number of aromatic nitrogens is 1. The van der Waals surface area contributed by atoms with Crippen molar-refractivity contribution in [2.75, 3.05) is 23.7 Å². The first-order chi connectivity index (χ1) is 20.2. The van der Waals surface area contributed by atoms with Crippen LogP contribution in [0.5, 0.6) is 0 Å². The summed E-state index contributed by atoms with van der Waals surface area (Å²) in [4.78, 5) is 13.9. The first-order valence-corrected chi connectivity index (χ1v) is 17.2. The molecule has 2 aliphatic rings. The van der Waals surface area contributed by atoms with Gasteiger partial charge in [-0.25, -0.2) is 8.42 Å². The third kappa shape index (κ3) is 6.38. The minimum Gasteiger partial charge on any atom is -0.390 e. The van der Waals surface area contributed by atoms with Crippen LogP contribution in [0.2, 0.25) is 0 Å². The van der Waals surface area contributed by atoms with E-state index in [1.165, 1.54) is 23.6 Å². The number of hydrogen-bond acceptors (Lipinski definition) is 5. The molecule has 3 N–H and O–H groups in total. The first-order valence-electron chi connectivity index (χ1n) is 15.6. The first kappa shape index (κ1) is 30.6. The van der Waals surface area contributed by atoms with Gasteiger partial charge in [0.15, 0.2) is 0 Å². The molecule has 1 aliphatic heterocycles. The fourth-order valence-corrected chi connectivity index (χ4v) is 8.13. The van der Waals surface area contributed by atoms with Gasteiger partial charge in [-0.05, 0) is 62.3 Å². The van der Waals surface area contributed by atoms with E-state index >= 15 is 0 Å². The molecule has 2 aromatic carbocycles. The van der Waals surface area contributed by atoms with E-state index < -0.39 is 22.2 Å². The average Bonchev–Trinajstić information content (AvgIpc) is 3.32. The number of β-amino-alcohol motifs (C(OH)–C–C–N with tert-alkyl or cyclic N) is 1. The van der Waals surface area contributed by atoms with E-state index in [-0.39, 0.29) is 17.2 Å². The van der Waals surface area contributed by atoms with Crippen molar-refractivity contribution in [3.8, 4) is 0 Å². The maximum absolute atomic E-state index is 13.9. The van der Waals surface area contributed by atoms with Gasteiger partial charge in [-0.1, -0.05) is 62.9 Å². The van der Waals surface area contributed by atoms with Crippen LogP contribution >= 0.6 is 0 Å². The fourth-order valence-electron chi connectivity index (χ4n) is 6.93. The highest BCUT2D eigenvalue weighted by Crippen LogP contribution is 2.37. The van der Waals surface area contributed by atoms with Gasteiger partial charge in [0.25, 0.3) is 5.91 Å². The molecule has 2 atom stereocenters. The number of hydrogen-bond donors (Lipinski definition) is 3. The molecule has 0 spiro atoms. The van der Waals surface area contributed by atoms with Gasteiger partial charge >= 0.3 is 0 Å². The highest BCUT2D eigenvalue weighted by Gasteiger charge is 2.33. The van der Waals surface area contributed by atoms with Gasteiger partial charge in [-0.3, -0.25) is 9.10 Å². The second kappa shape index (κ2) is 12.8. The molecule has 1 saturated carbocycles. The number of aliphatic hydroxyl groups is 1. The Morgan fingerprint density at radius 1 is 1.10 bits per heavy atom. The van der Waals surface area contributed by atoms with Crippen LogP contribution in [0.15, 0.2) is 48.7 Å². The Labute approximate surface area is 250 Å². The minimum atomic E-state index is -3.51. The lowest BCUT2D eigenvalue weighted by Gasteiger charge is -2.40. The third-order valence-electron chi connectivity index (χ3n) is 9.33. The molecular weight excluding hydrogens is 548 g/mol. The van der Waals surface area contributed by atoms with Gasteiger partial charge in [-0.15, -0.1) is 0 Å². The van der Waals surface area contributed by atoms with Crippen LogP contribution in [-0.2, 0) is 29.4 Å². The molecule has 1 aromatic heterocycles. The number of carbonyl (C=O) groups is 1. The summed E-state index contributed by atoms with van der Waals surface area (Å²) in [7, 11) is -1.94. The number of sulfonamides is 1. The largest absolute Gasteiger partial charge is 0.390 e. The number of amides is 1. The minimum absolute atomic E-state index is 0.0282. The van der Waals surface area contributed by atoms with Gasteiger partial charge in [0.2, 0.25) is 10.0 Å². The molecule has 0 radical (unpaired) electrons. The molecule has 42 heavy (non-hydrogen) atoms. The number of nitrogens with zero attached hydrogens (tertiary/aromatic N) is 2. The van der Waals surface area contributed by atoms with E-state index in [0.29, 0.717) is 37.2 Å². The molecule has 3 aromatic rings. The number of aliphatic hydroxyl groups excluding tert-OH is 1. The molecule has 1 aliphatic carbocycles. The van der Waals surface area contributed by atoms with E-state index in [9.17, 15) is 18.3 Å². The number of rotatable bonds is 11. The van der Waals surface area contributed by atoms with Crippen molar-refractivity contribution in [1.82, 2.24) is 15.2 Å². The van der Waals surface area contributed by atoms with Crippen molar-refractivity contribution < 1.29 is 18.3 Å². The van der Waals surface area contributed by atoms with E-state index in [1.54, 1.807) is 13.1 Å². The fraction of sp³-hybridized carbons (Fsp3) is 0.545. The van der Waals surface area contributed by atoms with Crippen molar-refractivity contribution in [1.29, 1.82) is 0 Å². The third-order valence-corrected chi connectivity index (χ3v) is 11.1. The summed E-state index contributed by atoms with van der Waals surface area (Å²) < 4.78 is 29.3. The molecule has 1 amide bonds. The lowest BCUT2D eigenvalue weighted by Crippen LogP contribution is -2.54. The Morgan fingerprint density at radius 3 is 2.52 bits per heavy atom. The molecule has 8 nitrogen and oxygen atoms in total. The number of carbonyl (C=O) groups excluding carboxylic acids is 1. The summed E-state index contributed by atoms with van der Waals surface area (Å²) in [5.41, 5.74) is 3.81. The quantitative estimate of drug-likeness (QED) is 0.297. The summed E-state index contributed by atoms with van der Waals surface area (Å²) in [6, 6.07) is 12.9. The maximum Gasteiger partial charge on any atom is 0.251 e. The summed E-state index contributed by atoms with van der Waals surface area (Å²) in [5, 5.41) is 19.3. The number of aryl methyl sites for hydroxylation is 2. The van der Waals surface area contributed by atoms with Crippen LogP contribution in [-0.4, -0.2) is 61.0 Å². The van der Waals surface area contributed by atoms with E-state index in [4.69, 9.17) is 0 Å². The lowest BCUT2D eigenvalue weighted by molar-refractivity contribution is 0.0784. The molecule has 0 unspecified atom stereocenters. The monoisotopic (exact) mass is 594 g/mol. The van der Waals surface area contributed by atoms with E-state index in [0.717, 1.165) is 47.7 Å². The summed E-state index contributed by atoms with van der Waals surface area (Å²) >= 11 is 0. The van der Waals surface area contributed by atoms with E-state index in [1.807, 2.05) is 49.5 Å². The Hall–Kier alpha value is -2.88. The molecular formula is C33H46N4O4S. The van der Waals surface area contributed by atoms with Crippen molar-refractivity contribution in [3.05, 3.63) is 65.4 Å². The summed E-state index contributed by atoms with van der Waals surface area (Å²) in [5.74, 6) is -0.296. The van der Waals surface area contributed by atoms with Crippen LogP contribution in [0.25, 0.3) is 10.9 Å². The number of benzene rings is 2. The second-order valence-corrected chi connectivity index (χ2v) is 14.3. The molecule has 0 bridgehead atoms. The molecule has 0 saturated heterocycles. The topological polar surface area (TPSA) is 104 Å². The van der Waals surface area contributed by atoms with Gasteiger partial charge < -0.3 is 20.3 Å². The van der Waals surface area contributed by atoms with Crippen LogP contribution < -0.4 is 14.9 Å². The second-order valence-electron chi connectivity index (χ2n) is 12.2. The van der Waals surface area contributed by atoms with Gasteiger partial charge in [0.05, 0.1) is 29.1 Å². The van der Waals surface area contributed by atoms with Gasteiger partial charge in [-0.2, -0.15) is 0 Å². The zero-order valence-corrected chi connectivity index (χ0v) is 26.0. The smallest absolute Gasteiger partial charge is 0.251 e. The highest BCUT2D eigenvalue weighted by molar-refractivity contribution is 7.92. The Bertz CT molecular complexity index is 1490. The molecule has 5 rings (SSSR count). The zero-order valence-electron chi connectivity index (χ0n) is 25.2. The van der Waals surface area contributed by atoms with Crippen LogP contribution in [0.1, 0.15) is 80.3 Å². The Morgan fingerprint density at radius 2 is 1.83 bits per heavy atom. The van der Waals surface area contributed by atoms with Crippen molar-refractivity contribution >= 4 is 32.5 Å². The van der Waals surface area contributed by atoms with Crippen LogP contribution in [0.3, 0.4) is 0 Å². The highest BCUT2D eigenvalue weighted by atomic mass is 32.2. The predicted octanol–water partition coefficient (Wildman–Crippen LogP) is 4.78. The van der Waals surface area contributed by atoms with Crippen LogP contribution in [0, 0.1) is 0 Å². The van der Waals surface area contributed by atoms with Crippen LogP contribution in [0.4, 0.5) is 5.69 Å². The zero-order chi connectivity index (χ0) is 29.9. The SMILES string of the molecule is CCCC1(NC[C@@H](O)[C@H](Cc2ccccc2)NC(=O)c2cc3c4c(cn(CC)c4c2)CCS(=O)(=O)N3C)CCCCC1. The molecule has 9 heteroatoms. The molecule has 228 valence electrons. The van der Waals surface area contributed by atoms with Crippen molar-refractivity contribution in [2.45, 2.75) is 95.9 Å². The standard InChI is InChI=1S/C33H46N4O4S/c1-4-15-33(16-10-7-11-17-33)34-22-30(38)27(19-24-12-8-6-9-13-24)35-32(39)26-20-28-31-25(14-18-42(40,41)36(28)3)23-37(5-2)29(31)21-26/h6,8-9,12-13,20-21,23,27,30,34,38H,4-5,7,10-11,14-19,22H2,1-3H3,(H,35,39)/t27-,30+/m0/s1. The van der Waals surface area contributed by atoms with Crippen molar-refractivity contribution in [3.63, 3.8) is 0 Å². The number of anilines is 1. The maximum atomic E-state index is 13.9. The normalized spacial score (nSPS) is 19.3. The average molecular weight is 595 g/mol. The van der Waals surface area contributed by atoms with Gasteiger partial charge in [0, 0.05) is 42.8 Å². The van der Waals surface area contributed by atoms with Gasteiger partial charge in [0.1, 0.15) is 0 Å². The lowest BCUT2D eigenvalue weighted by atomic mass is 9.78. The number of nitrogens with one attached hydrogen (secondary N) is 2. The Kier molecular flexibility index (Phi) is 9.30. The summed E-state index contributed by atoms with van der Waals surface area (Å²) in [6.45, 7) is 5.35. The predicted molar refractivity (Wildman–Crippen MR) is 170 cm³/mol. The van der Waals surface area contributed by atoms with E-state index in [2.05, 4.69) is 22.1 Å².